The highest BCUT2D eigenvalue weighted by Crippen LogP contribution is 2.30. The number of nitrogens with two attached hydrogens (primary N) is 1. The maximum absolute atomic E-state index is 12.7. The van der Waals surface area contributed by atoms with Gasteiger partial charge < -0.3 is 21.1 Å². The number of anilines is 2. The Bertz CT molecular complexity index is 903. The third-order valence-electron chi connectivity index (χ3n) is 6.13. The van der Waals surface area contributed by atoms with Crippen molar-refractivity contribution < 1.29 is 9.53 Å². The van der Waals surface area contributed by atoms with E-state index in [1.54, 1.807) is 12.3 Å². The number of carbonyl (C=O) groups is 1. The second-order valence-electron chi connectivity index (χ2n) is 8.51. The Hall–Kier alpha value is -2.22. The molecule has 1 aliphatic carbocycles. The van der Waals surface area contributed by atoms with E-state index >= 15 is 0 Å². The van der Waals surface area contributed by atoms with Crippen LogP contribution in [0.5, 0.6) is 0 Å². The molecule has 2 aromatic rings. The van der Waals surface area contributed by atoms with Crippen LogP contribution in [0.15, 0.2) is 30.5 Å². The topological polar surface area (TPSA) is 102 Å². The predicted octanol–water partition coefficient (Wildman–Crippen LogP) is 4.09. The minimum absolute atomic E-state index is 0.0317. The number of ether oxygens (including phenoxy) is 1. The lowest BCUT2D eigenvalue weighted by molar-refractivity contribution is -0.120. The summed E-state index contributed by atoms with van der Waals surface area (Å²) in [4.78, 5) is 21.7. The summed E-state index contributed by atoms with van der Waals surface area (Å²) in [6.45, 7) is 2.52. The van der Waals surface area contributed by atoms with Crippen molar-refractivity contribution in [2.24, 2.45) is 17.6 Å². The quantitative estimate of drug-likeness (QED) is 0.621. The summed E-state index contributed by atoms with van der Waals surface area (Å²) < 4.78 is 5.42. The molecule has 1 amide bonds. The molecular weight excluding hydrogens is 414 g/mol. The number of nitrogens with zero attached hydrogens (tertiary/aromatic N) is 2. The fourth-order valence-corrected chi connectivity index (χ4v) is 4.48. The van der Waals surface area contributed by atoms with Crippen LogP contribution >= 0.6 is 11.6 Å². The first kappa shape index (κ1) is 22.0. The molecular formula is C23H30ClN5O2. The molecule has 2 atom stereocenters. The fourth-order valence-electron chi connectivity index (χ4n) is 4.28. The molecule has 166 valence electrons. The molecule has 0 spiro atoms. The monoisotopic (exact) mass is 443 g/mol. The Morgan fingerprint density at radius 2 is 2.03 bits per heavy atom. The molecule has 3 heterocycles. The van der Waals surface area contributed by atoms with Crippen LogP contribution in [-0.4, -0.2) is 41.7 Å². The number of hydrogen-bond acceptors (Lipinski definition) is 6. The van der Waals surface area contributed by atoms with E-state index in [-0.39, 0.29) is 17.9 Å². The summed E-state index contributed by atoms with van der Waals surface area (Å²) in [5, 5.41) is 6.86. The number of hydrogen-bond donors (Lipinski definition) is 3. The highest BCUT2D eigenvalue weighted by Gasteiger charge is 2.25. The Labute approximate surface area is 188 Å². The van der Waals surface area contributed by atoms with Crippen molar-refractivity contribution >= 4 is 29.1 Å². The van der Waals surface area contributed by atoms with Crippen molar-refractivity contribution in [3.05, 3.63) is 35.5 Å². The Morgan fingerprint density at radius 3 is 2.84 bits per heavy atom. The summed E-state index contributed by atoms with van der Waals surface area (Å²) in [6, 6.07) is 7.69. The van der Waals surface area contributed by atoms with E-state index in [1.807, 2.05) is 18.2 Å². The van der Waals surface area contributed by atoms with Gasteiger partial charge in [-0.25, -0.2) is 9.97 Å². The minimum atomic E-state index is -0.0690. The molecule has 0 radical (unpaired) electrons. The van der Waals surface area contributed by atoms with Gasteiger partial charge in [-0.2, -0.15) is 0 Å². The zero-order chi connectivity index (χ0) is 21.6. The van der Waals surface area contributed by atoms with Gasteiger partial charge in [-0.05, 0) is 56.2 Å². The SMILES string of the molecule is N[C@H]1CCC[C@@H](C(=O)Nc2cc(-c3cccc(NCC4CCOCC4)n3)c(Cl)cn2)C1. The Morgan fingerprint density at radius 1 is 1.19 bits per heavy atom. The molecule has 2 aliphatic rings. The first-order valence-corrected chi connectivity index (χ1v) is 11.5. The third kappa shape index (κ3) is 5.93. The molecule has 0 aromatic carbocycles. The van der Waals surface area contributed by atoms with Crippen molar-refractivity contribution in [1.82, 2.24) is 9.97 Å². The van der Waals surface area contributed by atoms with Crippen LogP contribution in [0.2, 0.25) is 5.02 Å². The van der Waals surface area contributed by atoms with Crippen LogP contribution in [0.4, 0.5) is 11.6 Å². The van der Waals surface area contributed by atoms with Gasteiger partial charge in [0, 0.05) is 43.5 Å². The smallest absolute Gasteiger partial charge is 0.228 e. The molecule has 8 heteroatoms. The molecule has 0 unspecified atom stereocenters. The van der Waals surface area contributed by atoms with Gasteiger partial charge in [0.2, 0.25) is 5.91 Å². The fraction of sp³-hybridized carbons (Fsp3) is 0.522. The van der Waals surface area contributed by atoms with Crippen LogP contribution in [0.1, 0.15) is 38.5 Å². The van der Waals surface area contributed by atoms with Gasteiger partial charge in [0.25, 0.3) is 0 Å². The molecule has 4 N–H and O–H groups in total. The minimum Gasteiger partial charge on any atom is -0.381 e. The summed E-state index contributed by atoms with van der Waals surface area (Å²) >= 11 is 6.42. The lowest BCUT2D eigenvalue weighted by Crippen LogP contribution is -2.34. The highest BCUT2D eigenvalue weighted by atomic mass is 35.5. The van der Waals surface area contributed by atoms with Crippen LogP contribution < -0.4 is 16.4 Å². The number of nitrogens with one attached hydrogen (secondary N) is 2. The molecule has 2 aromatic heterocycles. The number of halogens is 1. The molecule has 31 heavy (non-hydrogen) atoms. The number of rotatable bonds is 6. The normalized spacial score (nSPS) is 22.1. The lowest BCUT2D eigenvalue weighted by Gasteiger charge is -2.25. The zero-order valence-electron chi connectivity index (χ0n) is 17.6. The Kier molecular flexibility index (Phi) is 7.37. The maximum Gasteiger partial charge on any atom is 0.228 e. The van der Waals surface area contributed by atoms with Gasteiger partial charge in [0.15, 0.2) is 0 Å². The van der Waals surface area contributed by atoms with Crippen molar-refractivity contribution in [1.29, 1.82) is 0 Å². The molecule has 4 rings (SSSR count). The first-order valence-electron chi connectivity index (χ1n) is 11.1. The van der Waals surface area contributed by atoms with Crippen LogP contribution in [0.3, 0.4) is 0 Å². The van der Waals surface area contributed by atoms with Crippen molar-refractivity contribution in [2.45, 2.75) is 44.6 Å². The second-order valence-corrected chi connectivity index (χ2v) is 8.91. The molecule has 7 nitrogen and oxygen atoms in total. The standard InChI is InChI=1S/C23H30ClN5O2/c24-19-14-27-22(29-23(30)16-3-1-4-17(25)11-16)12-18(19)20-5-2-6-21(28-20)26-13-15-7-9-31-10-8-15/h2,5-6,12,14-17H,1,3-4,7-11,13,25H2,(H,26,28)(H,27,29,30)/t16-,17+/m1/s1. The van der Waals surface area contributed by atoms with Gasteiger partial charge in [-0.15, -0.1) is 0 Å². The summed E-state index contributed by atoms with van der Waals surface area (Å²) in [6.07, 6.45) is 7.24. The summed E-state index contributed by atoms with van der Waals surface area (Å²) in [7, 11) is 0. The van der Waals surface area contributed by atoms with Gasteiger partial charge in [0.1, 0.15) is 11.6 Å². The average molecular weight is 444 g/mol. The maximum atomic E-state index is 12.7. The third-order valence-corrected chi connectivity index (χ3v) is 6.43. The van der Waals surface area contributed by atoms with E-state index < -0.39 is 0 Å². The lowest BCUT2D eigenvalue weighted by atomic mass is 9.85. The van der Waals surface area contributed by atoms with Crippen LogP contribution in [-0.2, 0) is 9.53 Å². The molecule has 1 aliphatic heterocycles. The largest absolute Gasteiger partial charge is 0.381 e. The molecule has 0 bridgehead atoms. The van der Waals surface area contributed by atoms with E-state index in [4.69, 9.17) is 27.1 Å². The van der Waals surface area contributed by atoms with E-state index in [9.17, 15) is 4.79 Å². The van der Waals surface area contributed by atoms with E-state index in [0.29, 0.717) is 23.2 Å². The van der Waals surface area contributed by atoms with Crippen LogP contribution in [0, 0.1) is 11.8 Å². The van der Waals surface area contributed by atoms with Crippen molar-refractivity contribution in [2.75, 3.05) is 30.4 Å². The first-order chi connectivity index (χ1) is 15.1. The van der Waals surface area contributed by atoms with Crippen molar-refractivity contribution in [3.8, 4) is 11.3 Å². The number of amides is 1. The average Bonchev–Trinajstić information content (AvgIpc) is 2.80. The van der Waals surface area contributed by atoms with E-state index in [0.717, 1.165) is 68.9 Å². The molecule has 1 saturated heterocycles. The van der Waals surface area contributed by atoms with Crippen molar-refractivity contribution in [3.63, 3.8) is 0 Å². The number of carbonyl (C=O) groups excluding carboxylic acids is 1. The Balaban J connectivity index is 1.44. The summed E-state index contributed by atoms with van der Waals surface area (Å²) in [5.74, 6) is 1.78. The summed E-state index contributed by atoms with van der Waals surface area (Å²) in [5.41, 5.74) is 7.50. The second kappa shape index (κ2) is 10.4. The van der Waals surface area contributed by atoms with Gasteiger partial charge in [-0.3, -0.25) is 4.79 Å². The van der Waals surface area contributed by atoms with E-state index in [2.05, 4.69) is 15.6 Å². The van der Waals surface area contributed by atoms with Crippen LogP contribution in [0.25, 0.3) is 11.3 Å². The number of pyridine rings is 2. The van der Waals surface area contributed by atoms with Gasteiger partial charge in [-0.1, -0.05) is 24.1 Å². The highest BCUT2D eigenvalue weighted by molar-refractivity contribution is 6.33. The predicted molar refractivity (Wildman–Crippen MR) is 123 cm³/mol. The van der Waals surface area contributed by atoms with E-state index in [1.165, 1.54) is 0 Å². The number of aromatic nitrogens is 2. The molecule has 2 fully saturated rings. The van der Waals surface area contributed by atoms with Gasteiger partial charge in [0.05, 0.1) is 10.7 Å². The molecule has 1 saturated carbocycles. The zero-order valence-corrected chi connectivity index (χ0v) is 18.4. The van der Waals surface area contributed by atoms with Gasteiger partial charge >= 0.3 is 0 Å².